The van der Waals surface area contributed by atoms with Crippen molar-refractivity contribution in [2.24, 2.45) is 0 Å². The summed E-state index contributed by atoms with van der Waals surface area (Å²) in [6.45, 7) is 13.1. The van der Waals surface area contributed by atoms with E-state index < -0.39 is 0 Å². The molecule has 0 N–H and O–H groups in total. The molecular formula is C39H35N3. The summed E-state index contributed by atoms with van der Waals surface area (Å²) in [6, 6.07) is 36.2. The summed E-state index contributed by atoms with van der Waals surface area (Å²) in [6.07, 6.45) is 0. The zero-order valence-electron chi connectivity index (χ0n) is 25.2. The molecule has 0 fully saturated rings. The van der Waals surface area contributed by atoms with Crippen LogP contribution in [0, 0.1) is 41.5 Å². The van der Waals surface area contributed by atoms with Crippen LogP contribution in [0.25, 0.3) is 56.4 Å². The van der Waals surface area contributed by atoms with Gasteiger partial charge in [-0.05, 0) is 97.2 Å². The Morgan fingerprint density at radius 2 is 0.595 bits per heavy atom. The molecule has 0 atom stereocenters. The van der Waals surface area contributed by atoms with Gasteiger partial charge in [0, 0.05) is 16.7 Å². The Kier molecular flexibility index (Phi) is 7.26. The smallest absolute Gasteiger partial charge is 0.164 e. The molecule has 1 aromatic heterocycles. The minimum Gasteiger partial charge on any atom is -0.208 e. The van der Waals surface area contributed by atoms with Crippen molar-refractivity contribution >= 4 is 0 Å². The van der Waals surface area contributed by atoms with Crippen LogP contribution in [0.2, 0.25) is 0 Å². The number of aromatic nitrogens is 3. The van der Waals surface area contributed by atoms with Gasteiger partial charge in [0.15, 0.2) is 17.5 Å². The average molecular weight is 546 g/mol. The van der Waals surface area contributed by atoms with Gasteiger partial charge in [-0.3, -0.25) is 0 Å². The molecule has 0 aliphatic carbocycles. The number of hydrogen-bond donors (Lipinski definition) is 0. The number of aryl methyl sites for hydroxylation is 4. The highest BCUT2D eigenvalue weighted by molar-refractivity contribution is 5.73. The first kappa shape index (κ1) is 27.3. The Balaban J connectivity index is 1.39. The molecule has 5 aromatic carbocycles. The molecule has 206 valence electrons. The molecule has 0 saturated heterocycles. The molecule has 6 rings (SSSR count). The predicted molar refractivity (Wildman–Crippen MR) is 175 cm³/mol. The number of rotatable bonds is 5. The number of hydrogen-bond acceptors (Lipinski definition) is 3. The van der Waals surface area contributed by atoms with E-state index in [4.69, 9.17) is 15.0 Å². The van der Waals surface area contributed by atoms with Gasteiger partial charge in [-0.15, -0.1) is 0 Å². The first-order valence-electron chi connectivity index (χ1n) is 14.5. The van der Waals surface area contributed by atoms with Crippen LogP contribution in [0.1, 0.15) is 33.4 Å². The molecule has 6 aromatic rings. The van der Waals surface area contributed by atoms with Gasteiger partial charge in [-0.2, -0.15) is 0 Å². The van der Waals surface area contributed by atoms with E-state index in [1.165, 1.54) is 55.6 Å². The predicted octanol–water partition coefficient (Wildman–Crippen LogP) is 10.1. The molecule has 0 saturated carbocycles. The Labute approximate surface area is 249 Å². The van der Waals surface area contributed by atoms with E-state index in [9.17, 15) is 0 Å². The van der Waals surface area contributed by atoms with Crippen molar-refractivity contribution in [2.75, 3.05) is 0 Å². The average Bonchev–Trinajstić information content (AvgIpc) is 3.02. The highest BCUT2D eigenvalue weighted by atomic mass is 15.0. The molecule has 0 radical (unpaired) electrons. The third-order valence-electron chi connectivity index (χ3n) is 8.47. The lowest BCUT2D eigenvalue weighted by Crippen LogP contribution is -2.00. The second kappa shape index (κ2) is 11.2. The van der Waals surface area contributed by atoms with Crippen molar-refractivity contribution in [3.05, 3.63) is 137 Å². The lowest BCUT2D eigenvalue weighted by Gasteiger charge is -2.12. The molecule has 0 aliphatic rings. The minimum atomic E-state index is 0.663. The van der Waals surface area contributed by atoms with Crippen molar-refractivity contribution < 1.29 is 0 Å². The van der Waals surface area contributed by atoms with E-state index in [2.05, 4.69) is 114 Å². The molecule has 3 nitrogen and oxygen atoms in total. The molecule has 3 heteroatoms. The van der Waals surface area contributed by atoms with Crippen LogP contribution in [0.4, 0.5) is 0 Å². The molecule has 0 spiro atoms. The van der Waals surface area contributed by atoms with Gasteiger partial charge < -0.3 is 0 Å². The quantitative estimate of drug-likeness (QED) is 0.216. The standard InChI is InChI=1S/C39H35N3/c1-24-20-35(21-25(2)28(24)5)30-12-16-33(17-13-30)38-40-37(32-10-8-7-9-11-32)41-39(42-38)34-18-14-31(15-19-34)36-22-26(3)29(6)27(4)23-36/h7-23H,1-6H3. The van der Waals surface area contributed by atoms with Gasteiger partial charge in [0.25, 0.3) is 0 Å². The van der Waals surface area contributed by atoms with Crippen LogP contribution >= 0.6 is 0 Å². The zero-order chi connectivity index (χ0) is 29.4. The van der Waals surface area contributed by atoms with Crippen LogP contribution in [-0.4, -0.2) is 15.0 Å². The fraction of sp³-hybridized carbons (Fsp3) is 0.154. The maximum atomic E-state index is 4.96. The first-order chi connectivity index (χ1) is 20.3. The molecule has 1 heterocycles. The van der Waals surface area contributed by atoms with E-state index >= 15 is 0 Å². The van der Waals surface area contributed by atoms with Gasteiger partial charge in [0.2, 0.25) is 0 Å². The van der Waals surface area contributed by atoms with Crippen molar-refractivity contribution in [2.45, 2.75) is 41.5 Å². The summed E-state index contributed by atoms with van der Waals surface area (Å²) >= 11 is 0. The van der Waals surface area contributed by atoms with E-state index in [0.29, 0.717) is 17.5 Å². The Morgan fingerprint density at radius 1 is 0.310 bits per heavy atom. The SMILES string of the molecule is Cc1cc(-c2ccc(-c3nc(-c4ccccc4)nc(-c4ccc(-c5cc(C)c(C)c(C)c5)cc4)n3)cc2)cc(C)c1C. The topological polar surface area (TPSA) is 38.7 Å². The largest absolute Gasteiger partial charge is 0.208 e. The van der Waals surface area contributed by atoms with E-state index in [-0.39, 0.29) is 0 Å². The lowest BCUT2D eigenvalue weighted by molar-refractivity contribution is 1.07. The van der Waals surface area contributed by atoms with Crippen LogP contribution < -0.4 is 0 Å². The van der Waals surface area contributed by atoms with Gasteiger partial charge in [0.1, 0.15) is 0 Å². The van der Waals surface area contributed by atoms with Crippen LogP contribution in [0.3, 0.4) is 0 Å². The summed E-state index contributed by atoms with van der Waals surface area (Å²) < 4.78 is 0. The maximum absolute atomic E-state index is 4.96. The van der Waals surface area contributed by atoms with E-state index in [1.807, 2.05) is 30.3 Å². The number of nitrogens with zero attached hydrogens (tertiary/aromatic N) is 3. The minimum absolute atomic E-state index is 0.663. The molecule has 0 bridgehead atoms. The second-order valence-electron chi connectivity index (χ2n) is 11.3. The normalized spacial score (nSPS) is 11.1. The third-order valence-corrected chi connectivity index (χ3v) is 8.47. The monoisotopic (exact) mass is 545 g/mol. The van der Waals surface area contributed by atoms with E-state index in [1.54, 1.807) is 0 Å². The molecular weight excluding hydrogens is 510 g/mol. The van der Waals surface area contributed by atoms with Gasteiger partial charge in [0.05, 0.1) is 0 Å². The highest BCUT2D eigenvalue weighted by Crippen LogP contribution is 2.30. The van der Waals surface area contributed by atoms with Gasteiger partial charge in [-0.1, -0.05) is 103 Å². The van der Waals surface area contributed by atoms with Crippen molar-refractivity contribution in [3.63, 3.8) is 0 Å². The van der Waals surface area contributed by atoms with Crippen molar-refractivity contribution in [1.29, 1.82) is 0 Å². The maximum Gasteiger partial charge on any atom is 0.164 e. The fourth-order valence-electron chi connectivity index (χ4n) is 5.38. The van der Waals surface area contributed by atoms with Crippen LogP contribution in [0.5, 0.6) is 0 Å². The number of benzene rings is 5. The van der Waals surface area contributed by atoms with Gasteiger partial charge in [-0.25, -0.2) is 15.0 Å². The summed E-state index contributed by atoms with van der Waals surface area (Å²) in [5.41, 5.74) is 15.6. The third kappa shape index (κ3) is 5.38. The second-order valence-corrected chi connectivity index (χ2v) is 11.3. The molecule has 0 aliphatic heterocycles. The zero-order valence-corrected chi connectivity index (χ0v) is 25.2. The Hall–Kier alpha value is -4.89. The molecule has 0 unspecified atom stereocenters. The summed E-state index contributed by atoms with van der Waals surface area (Å²) in [5.74, 6) is 1.99. The summed E-state index contributed by atoms with van der Waals surface area (Å²) in [7, 11) is 0. The van der Waals surface area contributed by atoms with E-state index in [0.717, 1.165) is 16.7 Å². The highest BCUT2D eigenvalue weighted by Gasteiger charge is 2.13. The van der Waals surface area contributed by atoms with Gasteiger partial charge >= 0.3 is 0 Å². The lowest BCUT2D eigenvalue weighted by atomic mass is 9.96. The molecule has 42 heavy (non-hydrogen) atoms. The first-order valence-corrected chi connectivity index (χ1v) is 14.5. The Bertz CT molecular complexity index is 1740. The Morgan fingerprint density at radius 3 is 0.929 bits per heavy atom. The van der Waals surface area contributed by atoms with Crippen LogP contribution in [-0.2, 0) is 0 Å². The summed E-state index contributed by atoms with van der Waals surface area (Å²) in [4.78, 5) is 14.8. The van der Waals surface area contributed by atoms with Crippen molar-refractivity contribution in [1.82, 2.24) is 15.0 Å². The van der Waals surface area contributed by atoms with Crippen LogP contribution in [0.15, 0.2) is 103 Å². The molecule has 0 amide bonds. The summed E-state index contributed by atoms with van der Waals surface area (Å²) in [5, 5.41) is 0. The fourth-order valence-corrected chi connectivity index (χ4v) is 5.38. The van der Waals surface area contributed by atoms with Crippen molar-refractivity contribution in [3.8, 4) is 56.4 Å².